The number of rotatable bonds is 4. The monoisotopic (exact) mass is 252 g/mol. The molecule has 2 heterocycles. The number of nitrogens with one attached hydrogen (secondary N) is 2. The molecule has 3 N–H and O–H groups in total. The van der Waals surface area contributed by atoms with Crippen molar-refractivity contribution in [3.8, 4) is 0 Å². The van der Waals surface area contributed by atoms with E-state index in [2.05, 4.69) is 15.0 Å². The van der Waals surface area contributed by atoms with E-state index in [9.17, 15) is 14.4 Å². The van der Waals surface area contributed by atoms with Crippen LogP contribution in [0.5, 0.6) is 0 Å². The SMILES string of the molecule is Cc1nc2c([nH]1)c(=O)[nH]c(=O)n2CCCC(=O)O. The maximum Gasteiger partial charge on any atom is 0.330 e. The lowest BCUT2D eigenvalue weighted by molar-refractivity contribution is -0.137. The molecule has 8 heteroatoms. The molecule has 8 nitrogen and oxygen atoms in total. The van der Waals surface area contributed by atoms with E-state index in [0.717, 1.165) is 0 Å². The molecule has 96 valence electrons. The van der Waals surface area contributed by atoms with E-state index >= 15 is 0 Å². The Balaban J connectivity index is 2.46. The van der Waals surface area contributed by atoms with Crippen molar-refractivity contribution in [2.75, 3.05) is 0 Å². The maximum absolute atomic E-state index is 11.6. The minimum atomic E-state index is -0.929. The highest BCUT2D eigenvalue weighted by Gasteiger charge is 2.11. The zero-order chi connectivity index (χ0) is 13.3. The molecule has 0 aliphatic rings. The van der Waals surface area contributed by atoms with E-state index < -0.39 is 17.2 Å². The summed E-state index contributed by atoms with van der Waals surface area (Å²) >= 11 is 0. The van der Waals surface area contributed by atoms with Crippen LogP contribution in [0.4, 0.5) is 0 Å². The summed E-state index contributed by atoms with van der Waals surface area (Å²) in [6.07, 6.45) is 0.249. The van der Waals surface area contributed by atoms with Crippen molar-refractivity contribution in [1.29, 1.82) is 0 Å². The maximum atomic E-state index is 11.6. The molecule has 0 aliphatic carbocycles. The van der Waals surface area contributed by atoms with Gasteiger partial charge in [0.15, 0.2) is 5.65 Å². The van der Waals surface area contributed by atoms with Gasteiger partial charge in [-0.1, -0.05) is 0 Å². The first-order valence-electron chi connectivity index (χ1n) is 5.40. The third-order valence-corrected chi connectivity index (χ3v) is 2.52. The summed E-state index contributed by atoms with van der Waals surface area (Å²) in [4.78, 5) is 42.6. The Bertz CT molecular complexity index is 709. The van der Waals surface area contributed by atoms with E-state index in [1.165, 1.54) is 4.57 Å². The number of carbonyl (C=O) groups is 1. The Labute approximate surface area is 100 Å². The number of aliphatic carboxylic acids is 1. The molecule has 0 saturated carbocycles. The predicted octanol–water partition coefficient (Wildman–Crippen LogP) is -0.414. The Morgan fingerprint density at radius 1 is 1.39 bits per heavy atom. The molecule has 0 amide bonds. The fourth-order valence-corrected chi connectivity index (χ4v) is 1.75. The number of carboxylic acids is 1. The van der Waals surface area contributed by atoms with E-state index in [4.69, 9.17) is 5.11 Å². The van der Waals surface area contributed by atoms with E-state index in [0.29, 0.717) is 12.2 Å². The number of aryl methyl sites for hydroxylation is 2. The lowest BCUT2D eigenvalue weighted by Crippen LogP contribution is -2.30. The number of H-pyrrole nitrogens is 2. The first kappa shape index (κ1) is 12.1. The minimum Gasteiger partial charge on any atom is -0.481 e. The first-order valence-corrected chi connectivity index (χ1v) is 5.40. The van der Waals surface area contributed by atoms with Crippen LogP contribution in [-0.2, 0) is 11.3 Å². The molecule has 2 aromatic rings. The lowest BCUT2D eigenvalue weighted by atomic mass is 10.3. The normalized spacial score (nSPS) is 10.9. The molecule has 0 saturated heterocycles. The van der Waals surface area contributed by atoms with Gasteiger partial charge in [0.05, 0.1) is 0 Å². The van der Waals surface area contributed by atoms with Crippen molar-refractivity contribution in [1.82, 2.24) is 19.5 Å². The third kappa shape index (κ3) is 2.17. The second-order valence-electron chi connectivity index (χ2n) is 3.93. The van der Waals surface area contributed by atoms with Gasteiger partial charge in [-0.25, -0.2) is 9.78 Å². The standard InChI is InChI=1S/C10H12N4O4/c1-5-11-7-8(12-5)14(4-2-3-6(15)16)10(18)13-9(7)17/h2-4H2,1H3,(H,11,12)(H,15,16)(H,13,17,18). The van der Waals surface area contributed by atoms with E-state index in [1.807, 2.05) is 0 Å². The topological polar surface area (TPSA) is 121 Å². The van der Waals surface area contributed by atoms with E-state index in [1.54, 1.807) is 6.92 Å². The number of hydrogen-bond acceptors (Lipinski definition) is 4. The van der Waals surface area contributed by atoms with Crippen LogP contribution in [0.25, 0.3) is 11.2 Å². The van der Waals surface area contributed by atoms with E-state index in [-0.39, 0.29) is 24.1 Å². The van der Waals surface area contributed by atoms with Gasteiger partial charge in [-0.2, -0.15) is 0 Å². The predicted molar refractivity (Wildman–Crippen MR) is 62.6 cm³/mol. The Kier molecular flexibility index (Phi) is 3.00. The largest absolute Gasteiger partial charge is 0.481 e. The average molecular weight is 252 g/mol. The molecule has 0 spiro atoms. The van der Waals surface area contributed by atoms with Gasteiger partial charge in [-0.3, -0.25) is 19.1 Å². The van der Waals surface area contributed by atoms with Crippen molar-refractivity contribution in [3.05, 3.63) is 26.7 Å². The molecule has 0 unspecified atom stereocenters. The van der Waals surface area contributed by atoms with Crippen molar-refractivity contribution in [2.24, 2.45) is 0 Å². The van der Waals surface area contributed by atoms with Gasteiger partial charge in [0, 0.05) is 13.0 Å². The summed E-state index contributed by atoms with van der Waals surface area (Å²) in [5, 5.41) is 8.56. The van der Waals surface area contributed by atoms with Crippen LogP contribution >= 0.6 is 0 Å². The molecular formula is C10H12N4O4. The summed E-state index contributed by atoms with van der Waals surface area (Å²) in [6.45, 7) is 1.87. The molecule has 0 bridgehead atoms. The van der Waals surface area contributed by atoms with Crippen molar-refractivity contribution < 1.29 is 9.90 Å². The fraction of sp³-hybridized carbons (Fsp3) is 0.400. The molecular weight excluding hydrogens is 240 g/mol. The molecule has 2 rings (SSSR count). The van der Waals surface area contributed by atoms with Crippen molar-refractivity contribution in [3.63, 3.8) is 0 Å². The fourth-order valence-electron chi connectivity index (χ4n) is 1.75. The van der Waals surface area contributed by atoms with Gasteiger partial charge in [0.2, 0.25) is 0 Å². The molecule has 18 heavy (non-hydrogen) atoms. The summed E-state index contributed by atoms with van der Waals surface area (Å²) in [6, 6.07) is 0. The highest BCUT2D eigenvalue weighted by molar-refractivity contribution is 5.69. The molecule has 0 atom stereocenters. The van der Waals surface area contributed by atoms with Crippen LogP contribution in [0.3, 0.4) is 0 Å². The van der Waals surface area contributed by atoms with Gasteiger partial charge in [-0.15, -0.1) is 0 Å². The molecule has 0 fully saturated rings. The highest BCUT2D eigenvalue weighted by Crippen LogP contribution is 2.05. The lowest BCUT2D eigenvalue weighted by Gasteiger charge is -2.04. The van der Waals surface area contributed by atoms with Crippen LogP contribution in [0.15, 0.2) is 9.59 Å². The first-order chi connectivity index (χ1) is 8.49. The van der Waals surface area contributed by atoms with Crippen LogP contribution in [0.2, 0.25) is 0 Å². The number of carboxylic acid groups (broad SMARTS) is 1. The number of fused-ring (bicyclic) bond motifs is 1. The van der Waals surface area contributed by atoms with Crippen molar-refractivity contribution >= 4 is 17.1 Å². The second kappa shape index (κ2) is 4.47. The van der Waals surface area contributed by atoms with Crippen LogP contribution in [-0.4, -0.2) is 30.6 Å². The summed E-state index contributed by atoms with van der Waals surface area (Å²) in [7, 11) is 0. The zero-order valence-electron chi connectivity index (χ0n) is 9.69. The van der Waals surface area contributed by atoms with Crippen LogP contribution < -0.4 is 11.2 Å². The van der Waals surface area contributed by atoms with Gasteiger partial charge in [0.1, 0.15) is 11.3 Å². The van der Waals surface area contributed by atoms with Gasteiger partial charge in [-0.05, 0) is 13.3 Å². The second-order valence-corrected chi connectivity index (χ2v) is 3.93. The quantitative estimate of drug-likeness (QED) is 0.682. The molecule has 0 aliphatic heterocycles. The third-order valence-electron chi connectivity index (χ3n) is 2.52. The van der Waals surface area contributed by atoms with Crippen molar-refractivity contribution in [2.45, 2.75) is 26.3 Å². The minimum absolute atomic E-state index is 0.0452. The Morgan fingerprint density at radius 2 is 2.11 bits per heavy atom. The summed E-state index contributed by atoms with van der Waals surface area (Å²) in [5.74, 6) is -0.407. The number of aromatic nitrogens is 4. The van der Waals surface area contributed by atoms with Gasteiger partial charge < -0.3 is 10.1 Å². The number of hydrogen-bond donors (Lipinski definition) is 3. The molecule has 2 aromatic heterocycles. The number of nitrogens with zero attached hydrogens (tertiary/aromatic N) is 2. The van der Waals surface area contributed by atoms with Gasteiger partial charge >= 0.3 is 11.7 Å². The molecule has 0 aromatic carbocycles. The zero-order valence-corrected chi connectivity index (χ0v) is 9.69. The summed E-state index contributed by atoms with van der Waals surface area (Å²) < 4.78 is 1.27. The Hall–Kier alpha value is -2.38. The Morgan fingerprint density at radius 3 is 2.78 bits per heavy atom. The highest BCUT2D eigenvalue weighted by atomic mass is 16.4. The van der Waals surface area contributed by atoms with Crippen LogP contribution in [0.1, 0.15) is 18.7 Å². The van der Waals surface area contributed by atoms with Gasteiger partial charge in [0.25, 0.3) is 5.56 Å². The van der Waals surface area contributed by atoms with Crippen LogP contribution in [0, 0.1) is 6.92 Å². The summed E-state index contributed by atoms with van der Waals surface area (Å²) in [5.41, 5.74) is -0.622. The number of aromatic amines is 2. The average Bonchev–Trinajstić information content (AvgIpc) is 2.65. The molecule has 0 radical (unpaired) electrons. The number of imidazole rings is 1. The smallest absolute Gasteiger partial charge is 0.330 e.